The van der Waals surface area contributed by atoms with Crippen LogP contribution in [0.5, 0.6) is 5.75 Å². The van der Waals surface area contributed by atoms with Gasteiger partial charge in [0.2, 0.25) is 0 Å². The van der Waals surface area contributed by atoms with Crippen molar-refractivity contribution in [2.45, 2.75) is 39.5 Å². The molecule has 1 aromatic carbocycles. The van der Waals surface area contributed by atoms with Gasteiger partial charge in [0.05, 0.1) is 7.11 Å². The highest BCUT2D eigenvalue weighted by molar-refractivity contribution is 6.01. The number of carbonyl (C=O) groups is 2. The predicted molar refractivity (Wildman–Crippen MR) is 94.3 cm³/mol. The van der Waals surface area contributed by atoms with Crippen LogP contribution in [-0.4, -0.2) is 18.7 Å². The topological polar surface area (TPSA) is 43.4 Å². The van der Waals surface area contributed by atoms with E-state index in [4.69, 9.17) is 4.74 Å². The normalized spacial score (nSPS) is 30.0. The second-order valence-corrected chi connectivity index (χ2v) is 7.43. The molecule has 3 heteroatoms. The Labute approximate surface area is 144 Å². The molecule has 1 saturated carbocycles. The fourth-order valence-corrected chi connectivity index (χ4v) is 4.37. The van der Waals surface area contributed by atoms with Crippen LogP contribution >= 0.6 is 0 Å². The van der Waals surface area contributed by atoms with Gasteiger partial charge in [-0.1, -0.05) is 19.1 Å². The van der Waals surface area contributed by atoms with E-state index in [1.165, 1.54) is 0 Å². The summed E-state index contributed by atoms with van der Waals surface area (Å²) < 4.78 is 5.26. The van der Waals surface area contributed by atoms with Crippen molar-refractivity contribution in [3.63, 3.8) is 0 Å². The number of ketones is 2. The lowest BCUT2D eigenvalue weighted by atomic mass is 9.63. The van der Waals surface area contributed by atoms with Gasteiger partial charge in [0.25, 0.3) is 0 Å². The maximum absolute atomic E-state index is 13.1. The SMILES string of the molecule is C=C(C)[C@@H]1CC(=O)[C@H](C)[C@@H]([C@H]2CCc3cc(OC)ccc3C2=O)C1. The average Bonchev–Trinajstić information content (AvgIpc) is 2.57. The van der Waals surface area contributed by atoms with E-state index < -0.39 is 0 Å². The summed E-state index contributed by atoms with van der Waals surface area (Å²) in [7, 11) is 1.64. The van der Waals surface area contributed by atoms with Gasteiger partial charge in [-0.25, -0.2) is 0 Å². The molecule has 2 aliphatic rings. The predicted octanol–water partition coefficient (Wildman–Crippen LogP) is 4.25. The molecular formula is C21H26O3. The summed E-state index contributed by atoms with van der Waals surface area (Å²) in [6.45, 7) is 8.03. The molecule has 0 radical (unpaired) electrons. The van der Waals surface area contributed by atoms with E-state index in [-0.39, 0.29) is 35.2 Å². The lowest BCUT2D eigenvalue weighted by Crippen LogP contribution is -2.40. The Morgan fingerprint density at radius 1 is 1.29 bits per heavy atom. The molecule has 1 aromatic rings. The number of benzene rings is 1. The van der Waals surface area contributed by atoms with Crippen molar-refractivity contribution >= 4 is 11.6 Å². The number of rotatable bonds is 3. The highest BCUT2D eigenvalue weighted by atomic mass is 16.5. The van der Waals surface area contributed by atoms with E-state index in [0.29, 0.717) is 6.42 Å². The summed E-state index contributed by atoms with van der Waals surface area (Å²) in [6, 6.07) is 5.70. The Morgan fingerprint density at radius 2 is 2.04 bits per heavy atom. The highest BCUT2D eigenvalue weighted by Crippen LogP contribution is 2.43. The average molecular weight is 326 g/mol. The number of fused-ring (bicyclic) bond motifs is 1. The van der Waals surface area contributed by atoms with Gasteiger partial charge in [-0.3, -0.25) is 9.59 Å². The molecule has 4 atom stereocenters. The van der Waals surface area contributed by atoms with Gasteiger partial charge in [0.15, 0.2) is 5.78 Å². The van der Waals surface area contributed by atoms with Gasteiger partial charge < -0.3 is 4.74 Å². The van der Waals surface area contributed by atoms with Gasteiger partial charge >= 0.3 is 0 Å². The van der Waals surface area contributed by atoms with Crippen molar-refractivity contribution in [1.29, 1.82) is 0 Å². The minimum atomic E-state index is -0.0491. The van der Waals surface area contributed by atoms with Crippen LogP contribution in [0.1, 0.15) is 49.0 Å². The van der Waals surface area contributed by atoms with Crippen LogP contribution in [0, 0.1) is 23.7 Å². The quantitative estimate of drug-likeness (QED) is 0.780. The number of aryl methyl sites for hydroxylation is 1. The van der Waals surface area contributed by atoms with E-state index in [1.54, 1.807) is 7.11 Å². The molecule has 0 amide bonds. The first-order valence-corrected chi connectivity index (χ1v) is 8.81. The number of carbonyl (C=O) groups excluding carboxylic acids is 2. The molecule has 0 spiro atoms. The molecule has 24 heavy (non-hydrogen) atoms. The molecule has 0 unspecified atom stereocenters. The fourth-order valence-electron chi connectivity index (χ4n) is 4.37. The lowest BCUT2D eigenvalue weighted by molar-refractivity contribution is -0.128. The van der Waals surface area contributed by atoms with Crippen molar-refractivity contribution in [3.8, 4) is 5.75 Å². The molecule has 2 aliphatic carbocycles. The van der Waals surface area contributed by atoms with Crippen molar-refractivity contribution in [1.82, 2.24) is 0 Å². The number of allylic oxidation sites excluding steroid dienone is 1. The molecule has 1 fully saturated rings. The first kappa shape index (κ1) is 16.9. The van der Waals surface area contributed by atoms with E-state index in [2.05, 4.69) is 6.58 Å². The molecule has 0 bridgehead atoms. The molecule has 0 aromatic heterocycles. The summed E-state index contributed by atoms with van der Waals surface area (Å²) in [6.07, 6.45) is 3.19. The number of Topliss-reactive ketones (excluding diaryl/α,β-unsaturated/α-hetero) is 2. The summed E-state index contributed by atoms with van der Waals surface area (Å²) in [5.74, 6) is 1.56. The lowest BCUT2D eigenvalue weighted by Gasteiger charge is -2.39. The van der Waals surface area contributed by atoms with Crippen molar-refractivity contribution in [3.05, 3.63) is 41.5 Å². The standard InChI is InChI=1S/C21H26O3/c1-12(2)15-10-19(13(3)20(22)11-15)18-7-5-14-9-16(24-4)6-8-17(14)21(18)23/h6,8-9,13,15,18-19H,1,5,7,10-11H2,2-4H3/t13-,15+,18-,19+/m1/s1. The Balaban J connectivity index is 1.87. The molecule has 3 nitrogen and oxygen atoms in total. The minimum absolute atomic E-state index is 0.0330. The summed E-state index contributed by atoms with van der Waals surface area (Å²) in [4.78, 5) is 25.5. The first-order chi connectivity index (χ1) is 11.4. The van der Waals surface area contributed by atoms with Crippen molar-refractivity contribution in [2.75, 3.05) is 7.11 Å². The smallest absolute Gasteiger partial charge is 0.166 e. The fraction of sp³-hybridized carbons (Fsp3) is 0.524. The van der Waals surface area contributed by atoms with Crippen LogP contribution in [-0.2, 0) is 11.2 Å². The number of hydrogen-bond acceptors (Lipinski definition) is 3. The van der Waals surface area contributed by atoms with E-state index in [1.807, 2.05) is 32.0 Å². The van der Waals surface area contributed by atoms with Crippen molar-refractivity contribution in [2.24, 2.45) is 23.7 Å². The summed E-state index contributed by atoms with van der Waals surface area (Å²) >= 11 is 0. The number of ether oxygens (including phenoxy) is 1. The molecule has 0 heterocycles. The third-order valence-electron chi connectivity index (χ3n) is 6.01. The molecule has 128 valence electrons. The zero-order chi connectivity index (χ0) is 17.4. The van der Waals surface area contributed by atoms with Gasteiger partial charge in [-0.15, -0.1) is 0 Å². The maximum Gasteiger partial charge on any atom is 0.166 e. The zero-order valence-corrected chi connectivity index (χ0v) is 14.8. The summed E-state index contributed by atoms with van der Waals surface area (Å²) in [5.41, 5.74) is 2.94. The van der Waals surface area contributed by atoms with Crippen molar-refractivity contribution < 1.29 is 14.3 Å². The molecule has 0 aliphatic heterocycles. The van der Waals surface area contributed by atoms with E-state index in [0.717, 1.165) is 41.7 Å². The molecular weight excluding hydrogens is 300 g/mol. The largest absolute Gasteiger partial charge is 0.497 e. The third-order valence-corrected chi connectivity index (χ3v) is 6.01. The van der Waals surface area contributed by atoms with Crippen LogP contribution in [0.15, 0.2) is 30.4 Å². The zero-order valence-electron chi connectivity index (χ0n) is 14.8. The van der Waals surface area contributed by atoms with Crippen LogP contribution in [0.2, 0.25) is 0 Å². The van der Waals surface area contributed by atoms with E-state index in [9.17, 15) is 9.59 Å². The molecule has 0 N–H and O–H groups in total. The Bertz CT molecular complexity index is 688. The van der Waals surface area contributed by atoms with Gasteiger partial charge in [0.1, 0.15) is 11.5 Å². The monoisotopic (exact) mass is 326 g/mol. The first-order valence-electron chi connectivity index (χ1n) is 8.81. The van der Waals surface area contributed by atoms with Crippen LogP contribution < -0.4 is 4.74 Å². The third kappa shape index (κ3) is 2.92. The maximum atomic E-state index is 13.1. The van der Waals surface area contributed by atoms with Gasteiger partial charge in [-0.2, -0.15) is 0 Å². The Morgan fingerprint density at radius 3 is 2.71 bits per heavy atom. The van der Waals surface area contributed by atoms with Crippen LogP contribution in [0.3, 0.4) is 0 Å². The van der Waals surface area contributed by atoms with E-state index >= 15 is 0 Å². The van der Waals surface area contributed by atoms with Crippen LogP contribution in [0.25, 0.3) is 0 Å². The van der Waals surface area contributed by atoms with Crippen LogP contribution in [0.4, 0.5) is 0 Å². The van der Waals surface area contributed by atoms with Gasteiger partial charge in [-0.05, 0) is 61.8 Å². The number of hydrogen-bond donors (Lipinski definition) is 0. The molecule has 3 rings (SSSR count). The second kappa shape index (κ2) is 6.54. The Kier molecular flexibility index (Phi) is 4.62. The minimum Gasteiger partial charge on any atom is -0.497 e. The summed E-state index contributed by atoms with van der Waals surface area (Å²) in [5, 5.41) is 0. The molecule has 0 saturated heterocycles. The van der Waals surface area contributed by atoms with Gasteiger partial charge in [0, 0.05) is 23.8 Å². The Hall–Kier alpha value is -1.90. The number of methoxy groups -OCH3 is 1. The highest BCUT2D eigenvalue weighted by Gasteiger charge is 2.42. The second-order valence-electron chi connectivity index (χ2n) is 7.43.